The first-order valence-corrected chi connectivity index (χ1v) is 7.99. The summed E-state index contributed by atoms with van der Waals surface area (Å²) in [6.07, 6.45) is 4.24. The van der Waals surface area contributed by atoms with Gasteiger partial charge in [-0.05, 0) is 48.8 Å². The van der Waals surface area contributed by atoms with E-state index in [-0.39, 0.29) is 5.78 Å². The van der Waals surface area contributed by atoms with Gasteiger partial charge in [-0.1, -0.05) is 41.9 Å². The molecular weight excluding hydrogens is 316 g/mol. The highest BCUT2D eigenvalue weighted by molar-refractivity contribution is 9.10. The van der Waals surface area contributed by atoms with Gasteiger partial charge in [-0.15, -0.1) is 0 Å². The van der Waals surface area contributed by atoms with E-state index in [0.717, 1.165) is 35.7 Å². The average Bonchev–Trinajstić information content (AvgIpc) is 2.42. The largest absolute Gasteiger partial charge is 0.370 e. The van der Waals surface area contributed by atoms with Crippen LogP contribution in [0.2, 0.25) is 0 Å². The van der Waals surface area contributed by atoms with Crippen molar-refractivity contribution in [1.82, 2.24) is 0 Å². The van der Waals surface area contributed by atoms with Crippen molar-refractivity contribution in [1.29, 1.82) is 0 Å². The van der Waals surface area contributed by atoms with Crippen LogP contribution in [0.3, 0.4) is 0 Å². The predicted octanol–water partition coefficient (Wildman–Crippen LogP) is 4.55. The van der Waals surface area contributed by atoms with Gasteiger partial charge in [-0.3, -0.25) is 4.79 Å². The highest BCUT2D eigenvalue weighted by Crippen LogP contribution is 2.42. The molecule has 1 aliphatic rings. The Kier molecular flexibility index (Phi) is 4.70. The number of ketones is 1. The smallest absolute Gasteiger partial charge is 0.168 e. The van der Waals surface area contributed by atoms with Gasteiger partial charge in [-0.25, -0.2) is 0 Å². The van der Waals surface area contributed by atoms with E-state index in [0.29, 0.717) is 11.8 Å². The summed E-state index contributed by atoms with van der Waals surface area (Å²) < 4.78 is 6.71. The summed E-state index contributed by atoms with van der Waals surface area (Å²) in [4.78, 5) is 12.7. The SMILES string of the molecule is COC1(C(=O)Cc2ccc(Br)cc2)CCC(C)(C)CC1. The molecule has 1 saturated carbocycles. The van der Waals surface area contributed by atoms with E-state index in [9.17, 15) is 4.79 Å². The standard InChI is InChI=1S/C17H23BrO2/c1-16(2)8-10-17(20-3,11-9-16)15(19)12-13-4-6-14(18)7-5-13/h4-7H,8-12H2,1-3H3. The summed E-state index contributed by atoms with van der Waals surface area (Å²) >= 11 is 3.42. The van der Waals surface area contributed by atoms with Gasteiger partial charge in [0.1, 0.15) is 5.60 Å². The summed E-state index contributed by atoms with van der Waals surface area (Å²) in [5.74, 6) is 0.220. The summed E-state index contributed by atoms with van der Waals surface area (Å²) in [7, 11) is 1.68. The van der Waals surface area contributed by atoms with Crippen LogP contribution >= 0.6 is 15.9 Å². The Bertz CT molecular complexity index is 466. The number of halogens is 1. The van der Waals surface area contributed by atoms with Crippen molar-refractivity contribution >= 4 is 21.7 Å². The zero-order chi connectivity index (χ0) is 14.8. The molecule has 3 heteroatoms. The molecule has 0 atom stereocenters. The number of carbonyl (C=O) groups is 1. The third-order valence-electron chi connectivity index (χ3n) is 4.59. The number of carbonyl (C=O) groups excluding carboxylic acids is 1. The van der Waals surface area contributed by atoms with Crippen molar-refractivity contribution in [2.75, 3.05) is 7.11 Å². The van der Waals surface area contributed by atoms with Crippen LogP contribution in [-0.4, -0.2) is 18.5 Å². The Hall–Kier alpha value is -0.670. The van der Waals surface area contributed by atoms with E-state index in [4.69, 9.17) is 4.74 Å². The van der Waals surface area contributed by atoms with Crippen LogP contribution in [-0.2, 0) is 16.0 Å². The quantitative estimate of drug-likeness (QED) is 0.805. The van der Waals surface area contributed by atoms with E-state index in [2.05, 4.69) is 29.8 Å². The molecule has 0 heterocycles. The minimum absolute atomic E-state index is 0.220. The first-order chi connectivity index (χ1) is 9.37. The molecule has 0 amide bonds. The van der Waals surface area contributed by atoms with Crippen molar-refractivity contribution in [3.05, 3.63) is 34.3 Å². The molecule has 20 heavy (non-hydrogen) atoms. The van der Waals surface area contributed by atoms with Gasteiger partial charge < -0.3 is 4.74 Å². The van der Waals surface area contributed by atoms with Crippen LogP contribution in [0.1, 0.15) is 45.1 Å². The van der Waals surface area contributed by atoms with Crippen molar-refractivity contribution in [2.45, 2.75) is 51.6 Å². The van der Waals surface area contributed by atoms with E-state index in [1.165, 1.54) is 0 Å². The maximum absolute atomic E-state index is 12.7. The molecule has 2 nitrogen and oxygen atoms in total. The second-order valence-electron chi connectivity index (χ2n) is 6.59. The Balaban J connectivity index is 2.08. The lowest BCUT2D eigenvalue weighted by atomic mass is 9.69. The molecule has 0 bridgehead atoms. The van der Waals surface area contributed by atoms with Gasteiger partial charge in [-0.2, -0.15) is 0 Å². The maximum Gasteiger partial charge on any atom is 0.168 e. The van der Waals surface area contributed by atoms with Crippen LogP contribution in [0.15, 0.2) is 28.7 Å². The van der Waals surface area contributed by atoms with Crippen LogP contribution in [0.25, 0.3) is 0 Å². The maximum atomic E-state index is 12.7. The van der Waals surface area contributed by atoms with E-state index >= 15 is 0 Å². The van der Waals surface area contributed by atoms with E-state index in [1.54, 1.807) is 7.11 Å². The second-order valence-corrected chi connectivity index (χ2v) is 7.50. The number of hydrogen-bond donors (Lipinski definition) is 0. The van der Waals surface area contributed by atoms with Gasteiger partial charge >= 0.3 is 0 Å². The predicted molar refractivity (Wildman–Crippen MR) is 84.8 cm³/mol. The molecule has 0 N–H and O–H groups in total. The number of benzene rings is 1. The van der Waals surface area contributed by atoms with E-state index in [1.807, 2.05) is 24.3 Å². The van der Waals surface area contributed by atoms with Gasteiger partial charge in [0.25, 0.3) is 0 Å². The van der Waals surface area contributed by atoms with Gasteiger partial charge in [0.2, 0.25) is 0 Å². The van der Waals surface area contributed by atoms with Crippen LogP contribution in [0.4, 0.5) is 0 Å². The fourth-order valence-corrected chi connectivity index (χ4v) is 3.14. The van der Waals surface area contributed by atoms with E-state index < -0.39 is 5.60 Å². The molecule has 0 unspecified atom stereocenters. The van der Waals surface area contributed by atoms with Crippen molar-refractivity contribution in [3.8, 4) is 0 Å². The van der Waals surface area contributed by atoms with Crippen LogP contribution < -0.4 is 0 Å². The molecular formula is C17H23BrO2. The van der Waals surface area contributed by atoms with Crippen molar-refractivity contribution < 1.29 is 9.53 Å². The normalized spacial score (nSPS) is 20.6. The fourth-order valence-electron chi connectivity index (χ4n) is 2.88. The van der Waals surface area contributed by atoms with Gasteiger partial charge in [0.05, 0.1) is 0 Å². The highest BCUT2D eigenvalue weighted by Gasteiger charge is 2.43. The lowest BCUT2D eigenvalue weighted by Gasteiger charge is -2.41. The Labute approximate surface area is 130 Å². The molecule has 0 spiro atoms. The number of Topliss-reactive ketones (excluding diaryl/α,β-unsaturated/α-hetero) is 1. The molecule has 0 saturated heterocycles. The molecule has 1 aromatic rings. The fraction of sp³-hybridized carbons (Fsp3) is 0.588. The molecule has 1 aliphatic carbocycles. The molecule has 0 aromatic heterocycles. The average molecular weight is 339 g/mol. The number of hydrogen-bond acceptors (Lipinski definition) is 2. The first-order valence-electron chi connectivity index (χ1n) is 7.20. The molecule has 1 fully saturated rings. The second kappa shape index (κ2) is 5.98. The molecule has 2 rings (SSSR count). The summed E-state index contributed by atoms with van der Waals surface area (Å²) in [5, 5.41) is 0. The minimum atomic E-state index is -0.567. The third kappa shape index (κ3) is 3.50. The zero-order valence-corrected chi connectivity index (χ0v) is 14.1. The van der Waals surface area contributed by atoms with Gasteiger partial charge in [0.15, 0.2) is 5.78 Å². The molecule has 110 valence electrons. The number of rotatable bonds is 4. The van der Waals surface area contributed by atoms with Crippen LogP contribution in [0, 0.1) is 5.41 Å². The number of methoxy groups -OCH3 is 1. The Morgan fingerprint density at radius 1 is 1.15 bits per heavy atom. The number of ether oxygens (including phenoxy) is 1. The molecule has 1 aromatic carbocycles. The Morgan fingerprint density at radius 3 is 2.20 bits per heavy atom. The lowest BCUT2D eigenvalue weighted by Crippen LogP contribution is -2.46. The Morgan fingerprint density at radius 2 is 1.70 bits per heavy atom. The summed E-state index contributed by atoms with van der Waals surface area (Å²) in [6.45, 7) is 4.54. The van der Waals surface area contributed by atoms with Crippen molar-refractivity contribution in [2.24, 2.45) is 5.41 Å². The molecule has 0 aliphatic heterocycles. The monoisotopic (exact) mass is 338 g/mol. The summed E-state index contributed by atoms with van der Waals surface area (Å²) in [5.41, 5.74) is 0.821. The first kappa shape index (κ1) is 15.7. The minimum Gasteiger partial charge on any atom is -0.370 e. The van der Waals surface area contributed by atoms with Gasteiger partial charge in [0, 0.05) is 18.0 Å². The third-order valence-corrected chi connectivity index (χ3v) is 5.12. The molecule has 0 radical (unpaired) electrons. The summed E-state index contributed by atoms with van der Waals surface area (Å²) in [6, 6.07) is 7.95. The lowest BCUT2D eigenvalue weighted by molar-refractivity contribution is -0.147. The zero-order valence-electron chi connectivity index (χ0n) is 12.5. The topological polar surface area (TPSA) is 26.3 Å². The van der Waals surface area contributed by atoms with Crippen LogP contribution in [0.5, 0.6) is 0 Å². The van der Waals surface area contributed by atoms with Crippen molar-refractivity contribution in [3.63, 3.8) is 0 Å². The highest BCUT2D eigenvalue weighted by atomic mass is 79.9.